The maximum absolute atomic E-state index is 13.3. The van der Waals surface area contributed by atoms with Crippen molar-refractivity contribution >= 4 is 21.2 Å². The number of methoxy groups -OCH3 is 1. The number of aryl methyl sites for hydroxylation is 2. The topological polar surface area (TPSA) is 128 Å². The fraction of sp³-hybridized carbons (Fsp3) is 0.370. The van der Waals surface area contributed by atoms with Crippen LogP contribution in [-0.2, 0) is 16.4 Å². The van der Waals surface area contributed by atoms with E-state index in [0.717, 1.165) is 25.7 Å². The van der Waals surface area contributed by atoms with Crippen LogP contribution in [0.15, 0.2) is 52.2 Å². The predicted molar refractivity (Wildman–Crippen MR) is 147 cm³/mol. The van der Waals surface area contributed by atoms with E-state index in [0.29, 0.717) is 52.8 Å². The lowest BCUT2D eigenvalue weighted by atomic mass is 10.1. The fourth-order valence-electron chi connectivity index (χ4n) is 4.27. The molecule has 2 aromatic carbocycles. The Hall–Kier alpha value is -3.86. The van der Waals surface area contributed by atoms with Crippen LogP contribution in [0.5, 0.6) is 11.5 Å². The number of rotatable bonds is 12. The molecule has 0 aliphatic heterocycles. The van der Waals surface area contributed by atoms with Crippen LogP contribution in [0.1, 0.15) is 51.0 Å². The van der Waals surface area contributed by atoms with E-state index in [1.165, 1.54) is 19.2 Å². The molecule has 2 heterocycles. The predicted octanol–water partition coefficient (Wildman–Crippen LogP) is 4.72. The highest BCUT2D eigenvalue weighted by atomic mass is 32.2. The Balaban J connectivity index is 1.78. The van der Waals surface area contributed by atoms with Crippen LogP contribution in [-0.4, -0.2) is 41.7 Å². The first-order valence-corrected chi connectivity index (χ1v) is 14.2. The SMILES string of the molecule is CCCCCCc1nc(C)c2c(=O)[nH]c(-c3cc(S(=O)(=O)Nc4cccc(OC)c4)ccc3OCC)nn12. The molecule has 0 fully saturated rings. The van der Waals surface area contributed by atoms with E-state index in [-0.39, 0.29) is 16.3 Å². The minimum Gasteiger partial charge on any atom is -0.497 e. The van der Waals surface area contributed by atoms with Gasteiger partial charge in [-0.25, -0.2) is 17.9 Å². The Kier molecular flexibility index (Phi) is 8.35. The van der Waals surface area contributed by atoms with E-state index < -0.39 is 10.0 Å². The largest absolute Gasteiger partial charge is 0.497 e. The van der Waals surface area contributed by atoms with Gasteiger partial charge in [-0.05, 0) is 50.6 Å². The van der Waals surface area contributed by atoms with Crippen LogP contribution in [0.2, 0.25) is 0 Å². The molecule has 0 saturated heterocycles. The minimum absolute atomic E-state index is 0.0110. The van der Waals surface area contributed by atoms with Gasteiger partial charge >= 0.3 is 0 Å². The summed E-state index contributed by atoms with van der Waals surface area (Å²) in [5, 5.41) is 4.69. The molecule has 0 bridgehead atoms. The first kappa shape index (κ1) is 27.2. The summed E-state index contributed by atoms with van der Waals surface area (Å²) in [6, 6.07) is 11.1. The number of fused-ring (bicyclic) bond motifs is 1. The molecule has 0 aliphatic carbocycles. The van der Waals surface area contributed by atoms with Gasteiger partial charge in [0.1, 0.15) is 17.3 Å². The third-order valence-corrected chi connectivity index (χ3v) is 7.51. The number of sulfonamides is 1. The fourth-order valence-corrected chi connectivity index (χ4v) is 5.35. The van der Waals surface area contributed by atoms with Crippen LogP contribution < -0.4 is 19.8 Å². The van der Waals surface area contributed by atoms with Crippen LogP contribution in [0.25, 0.3) is 16.9 Å². The molecule has 4 rings (SSSR count). The van der Waals surface area contributed by atoms with Crippen molar-refractivity contribution in [1.82, 2.24) is 19.6 Å². The van der Waals surface area contributed by atoms with Crippen molar-refractivity contribution in [3.8, 4) is 22.9 Å². The second-order valence-corrected chi connectivity index (χ2v) is 10.6. The summed E-state index contributed by atoms with van der Waals surface area (Å²) in [7, 11) is -2.47. The number of hydrogen-bond acceptors (Lipinski definition) is 7. The number of nitrogens with zero attached hydrogens (tertiary/aromatic N) is 3. The minimum atomic E-state index is -3.97. The number of aromatic nitrogens is 4. The second kappa shape index (κ2) is 11.7. The highest BCUT2D eigenvalue weighted by Gasteiger charge is 2.21. The Morgan fingerprint density at radius 1 is 1.08 bits per heavy atom. The number of nitrogens with one attached hydrogen (secondary N) is 2. The first-order valence-electron chi connectivity index (χ1n) is 12.7. The van der Waals surface area contributed by atoms with Gasteiger partial charge in [0.25, 0.3) is 15.6 Å². The molecule has 0 atom stereocenters. The summed E-state index contributed by atoms with van der Waals surface area (Å²) in [4.78, 5) is 20.5. The first-order chi connectivity index (χ1) is 18.3. The lowest BCUT2D eigenvalue weighted by molar-refractivity contribution is 0.341. The molecule has 10 nitrogen and oxygen atoms in total. The summed E-state index contributed by atoms with van der Waals surface area (Å²) >= 11 is 0. The lowest BCUT2D eigenvalue weighted by Crippen LogP contribution is -2.17. The van der Waals surface area contributed by atoms with Gasteiger partial charge in [-0.2, -0.15) is 0 Å². The maximum atomic E-state index is 13.3. The van der Waals surface area contributed by atoms with Crippen LogP contribution in [0.3, 0.4) is 0 Å². The molecule has 4 aromatic rings. The quantitative estimate of drug-likeness (QED) is 0.249. The zero-order chi connectivity index (χ0) is 27.3. The van der Waals surface area contributed by atoms with Crippen LogP contribution >= 0.6 is 0 Å². The molecule has 0 unspecified atom stereocenters. The molecule has 0 spiro atoms. The Labute approximate surface area is 222 Å². The van der Waals surface area contributed by atoms with Gasteiger partial charge in [0.15, 0.2) is 11.3 Å². The van der Waals surface area contributed by atoms with Gasteiger partial charge in [-0.1, -0.05) is 32.3 Å². The molecule has 11 heteroatoms. The highest BCUT2D eigenvalue weighted by Crippen LogP contribution is 2.31. The number of H-pyrrole nitrogens is 1. The normalized spacial score (nSPS) is 11.6. The van der Waals surface area contributed by atoms with Crippen molar-refractivity contribution in [2.24, 2.45) is 0 Å². The number of anilines is 1. The molecule has 2 aromatic heterocycles. The third kappa shape index (κ3) is 5.83. The maximum Gasteiger partial charge on any atom is 0.277 e. The smallest absolute Gasteiger partial charge is 0.277 e. The van der Waals surface area contributed by atoms with Crippen molar-refractivity contribution < 1.29 is 17.9 Å². The summed E-state index contributed by atoms with van der Waals surface area (Å²) in [6.45, 7) is 6.11. The van der Waals surface area contributed by atoms with Gasteiger partial charge < -0.3 is 14.5 Å². The average Bonchev–Trinajstić information content (AvgIpc) is 3.22. The van der Waals surface area contributed by atoms with Gasteiger partial charge in [0, 0.05) is 12.5 Å². The number of hydrogen-bond donors (Lipinski definition) is 2. The van der Waals surface area contributed by atoms with Crippen molar-refractivity contribution in [2.75, 3.05) is 18.4 Å². The number of ether oxygens (including phenoxy) is 2. The molecule has 0 radical (unpaired) electrons. The van der Waals surface area contributed by atoms with E-state index in [9.17, 15) is 13.2 Å². The number of benzene rings is 2. The zero-order valence-electron chi connectivity index (χ0n) is 22.1. The molecular weight excluding hydrogens is 506 g/mol. The van der Waals surface area contributed by atoms with Gasteiger partial charge in [0.05, 0.1) is 35.6 Å². The van der Waals surface area contributed by atoms with Gasteiger partial charge in [-0.15, -0.1) is 5.10 Å². The van der Waals surface area contributed by atoms with E-state index in [1.54, 1.807) is 41.8 Å². The number of unbranched alkanes of at least 4 members (excludes halogenated alkanes) is 3. The van der Waals surface area contributed by atoms with Crippen LogP contribution in [0.4, 0.5) is 5.69 Å². The van der Waals surface area contributed by atoms with Crippen LogP contribution in [0, 0.1) is 6.92 Å². The summed E-state index contributed by atoms with van der Waals surface area (Å²) in [6.07, 6.45) is 4.93. The summed E-state index contributed by atoms with van der Waals surface area (Å²) < 4.78 is 41.6. The standard InChI is InChI=1S/C27H33N5O5S/c1-5-7-8-9-13-24-28-18(3)25-27(33)29-26(30-32(24)25)22-17-21(14-15-23(22)37-6-2)38(34,35)31-19-11-10-12-20(16-19)36-4/h10-12,14-17,31H,5-9,13H2,1-4H3,(H,29,30,33). The monoisotopic (exact) mass is 539 g/mol. The summed E-state index contributed by atoms with van der Waals surface area (Å²) in [5.74, 6) is 1.81. The zero-order valence-corrected chi connectivity index (χ0v) is 22.9. The molecule has 2 N–H and O–H groups in total. The van der Waals surface area contributed by atoms with E-state index in [4.69, 9.17) is 9.47 Å². The van der Waals surface area contributed by atoms with E-state index >= 15 is 0 Å². The summed E-state index contributed by atoms with van der Waals surface area (Å²) in [5.41, 5.74) is 1.32. The average molecular weight is 540 g/mol. The second-order valence-electron chi connectivity index (χ2n) is 8.92. The van der Waals surface area contributed by atoms with Gasteiger partial charge in [0.2, 0.25) is 0 Å². The molecule has 0 aliphatic rings. The third-order valence-electron chi connectivity index (χ3n) is 6.13. The Bertz CT molecular complexity index is 1590. The number of imidazole rings is 1. The molecular formula is C27H33N5O5S. The molecule has 202 valence electrons. The van der Waals surface area contributed by atoms with Crippen molar-refractivity contribution in [3.63, 3.8) is 0 Å². The van der Waals surface area contributed by atoms with Crippen molar-refractivity contribution in [2.45, 2.75) is 57.8 Å². The van der Waals surface area contributed by atoms with Crippen molar-refractivity contribution in [3.05, 3.63) is 64.3 Å². The Morgan fingerprint density at radius 2 is 1.89 bits per heavy atom. The lowest BCUT2D eigenvalue weighted by Gasteiger charge is -2.14. The van der Waals surface area contributed by atoms with E-state index in [2.05, 4.69) is 26.7 Å². The number of aromatic amines is 1. The highest BCUT2D eigenvalue weighted by molar-refractivity contribution is 7.92. The van der Waals surface area contributed by atoms with Gasteiger partial charge in [-0.3, -0.25) is 9.52 Å². The van der Waals surface area contributed by atoms with Crippen molar-refractivity contribution in [1.29, 1.82) is 0 Å². The molecule has 38 heavy (non-hydrogen) atoms. The Morgan fingerprint density at radius 3 is 2.63 bits per heavy atom. The molecule has 0 saturated carbocycles. The molecule has 0 amide bonds. The van der Waals surface area contributed by atoms with E-state index in [1.807, 2.05) is 6.92 Å².